The van der Waals surface area contributed by atoms with Gasteiger partial charge < -0.3 is 5.73 Å². The number of rotatable bonds is 1. The summed E-state index contributed by atoms with van der Waals surface area (Å²) in [6.45, 7) is 2.12. The highest BCUT2D eigenvalue weighted by Crippen LogP contribution is 2.14. The molecule has 0 aromatic heterocycles. The predicted molar refractivity (Wildman–Crippen MR) is 30.6 cm³/mol. The van der Waals surface area contributed by atoms with E-state index < -0.39 is 0 Å². The van der Waals surface area contributed by atoms with Crippen molar-refractivity contribution in [3.05, 3.63) is 23.4 Å². The van der Waals surface area contributed by atoms with Crippen molar-refractivity contribution in [2.75, 3.05) is 0 Å². The van der Waals surface area contributed by atoms with Crippen molar-refractivity contribution < 1.29 is 0 Å². The van der Waals surface area contributed by atoms with Crippen LogP contribution in [0.25, 0.3) is 0 Å². The number of hydrogen-bond acceptors (Lipinski definition) is 1. The van der Waals surface area contributed by atoms with E-state index in [0.717, 1.165) is 12.1 Å². The molecule has 0 heterocycles. The molecule has 1 heteroatoms. The topological polar surface area (TPSA) is 26.0 Å². The fourth-order valence-electron chi connectivity index (χ4n) is 0.619. The van der Waals surface area contributed by atoms with Crippen LogP contribution in [0.5, 0.6) is 0 Å². The Hall–Kier alpha value is -0.720. The van der Waals surface area contributed by atoms with Crippen molar-refractivity contribution in [2.45, 2.75) is 13.3 Å². The zero-order valence-electron chi connectivity index (χ0n) is 4.44. The molecule has 0 aromatic rings. The van der Waals surface area contributed by atoms with E-state index in [1.165, 1.54) is 5.57 Å². The molecular formula is C6H9N. The van der Waals surface area contributed by atoms with Gasteiger partial charge in [0.1, 0.15) is 0 Å². The fraction of sp³-hybridized carbons (Fsp3) is 0.333. The van der Waals surface area contributed by atoms with E-state index >= 15 is 0 Å². The molecule has 0 atom stereocenters. The lowest BCUT2D eigenvalue weighted by Gasteiger charge is -2.07. The van der Waals surface area contributed by atoms with Gasteiger partial charge in [-0.1, -0.05) is 6.92 Å². The van der Waals surface area contributed by atoms with Gasteiger partial charge in [-0.05, 0) is 24.1 Å². The summed E-state index contributed by atoms with van der Waals surface area (Å²) in [7, 11) is 0. The molecule has 7 heavy (non-hydrogen) atoms. The van der Waals surface area contributed by atoms with Gasteiger partial charge in [0.15, 0.2) is 0 Å². The van der Waals surface area contributed by atoms with Gasteiger partial charge in [-0.25, -0.2) is 0 Å². The molecule has 0 amide bonds. The van der Waals surface area contributed by atoms with Crippen molar-refractivity contribution in [3.8, 4) is 0 Å². The molecule has 0 fully saturated rings. The maximum absolute atomic E-state index is 5.33. The van der Waals surface area contributed by atoms with Crippen LogP contribution in [0.1, 0.15) is 13.3 Å². The first kappa shape index (κ1) is 4.44. The lowest BCUT2D eigenvalue weighted by molar-refractivity contribution is 1.10. The van der Waals surface area contributed by atoms with Crippen molar-refractivity contribution >= 4 is 0 Å². The average Bonchev–Trinajstić information content (AvgIpc) is 1.58. The summed E-state index contributed by atoms with van der Waals surface area (Å²) in [6.07, 6.45) is 5.11. The van der Waals surface area contributed by atoms with Crippen LogP contribution in [0.2, 0.25) is 0 Å². The Labute approximate surface area is 43.5 Å². The first-order valence-electron chi connectivity index (χ1n) is 2.50. The minimum absolute atomic E-state index is 0.914. The summed E-state index contributed by atoms with van der Waals surface area (Å²) >= 11 is 0. The smallest absolute Gasteiger partial charge is 0.0319 e. The molecule has 1 aliphatic rings. The first-order valence-corrected chi connectivity index (χ1v) is 2.50. The molecule has 0 aliphatic heterocycles. The van der Waals surface area contributed by atoms with E-state index in [9.17, 15) is 0 Å². The van der Waals surface area contributed by atoms with Crippen molar-refractivity contribution in [1.82, 2.24) is 0 Å². The molecule has 1 aliphatic carbocycles. The molecule has 0 aromatic carbocycles. The zero-order valence-corrected chi connectivity index (χ0v) is 4.44. The van der Waals surface area contributed by atoms with E-state index in [0.29, 0.717) is 0 Å². The van der Waals surface area contributed by atoms with Gasteiger partial charge in [0.2, 0.25) is 0 Å². The summed E-state index contributed by atoms with van der Waals surface area (Å²) in [6, 6.07) is 0. The van der Waals surface area contributed by atoms with Crippen LogP contribution in [0, 0.1) is 0 Å². The molecular weight excluding hydrogens is 86.1 g/mol. The number of hydrogen-bond donors (Lipinski definition) is 1. The predicted octanol–water partition coefficient (Wildman–Crippen LogP) is 1.18. The first-order chi connectivity index (χ1) is 3.33. The van der Waals surface area contributed by atoms with Crippen LogP contribution in [0.15, 0.2) is 23.4 Å². The highest BCUT2D eigenvalue weighted by atomic mass is 14.6. The molecule has 2 N–H and O–H groups in total. The van der Waals surface area contributed by atoms with Gasteiger partial charge in [0.05, 0.1) is 0 Å². The highest BCUT2D eigenvalue weighted by Gasteiger charge is 1.98. The largest absolute Gasteiger partial charge is 0.399 e. The molecule has 1 nitrogen and oxygen atoms in total. The van der Waals surface area contributed by atoms with Gasteiger partial charge >= 0.3 is 0 Å². The third-order valence-corrected chi connectivity index (χ3v) is 1.11. The standard InChI is InChI=1S/C6H9N/c1-2-5-3-6(7)4-5/h3-4H,2,7H2,1H3. The monoisotopic (exact) mass is 95.1 g/mol. The molecule has 1 rings (SSSR count). The zero-order chi connectivity index (χ0) is 5.28. The molecule has 38 valence electrons. The Morgan fingerprint density at radius 1 is 1.57 bits per heavy atom. The summed E-state index contributed by atoms with van der Waals surface area (Å²) in [4.78, 5) is 0. The summed E-state index contributed by atoms with van der Waals surface area (Å²) in [5, 5.41) is 0. The summed E-state index contributed by atoms with van der Waals surface area (Å²) in [5.74, 6) is 0. The molecule has 0 unspecified atom stereocenters. The Morgan fingerprint density at radius 2 is 2.14 bits per heavy atom. The second-order valence-electron chi connectivity index (χ2n) is 1.72. The van der Waals surface area contributed by atoms with Crippen LogP contribution in [0.4, 0.5) is 0 Å². The maximum atomic E-state index is 5.33. The Bertz CT molecular complexity index is 131. The van der Waals surface area contributed by atoms with E-state index in [4.69, 9.17) is 5.73 Å². The minimum atomic E-state index is 0.914. The second-order valence-corrected chi connectivity index (χ2v) is 1.72. The normalized spacial score (nSPS) is 17.3. The molecule has 0 bridgehead atoms. The second kappa shape index (κ2) is 1.41. The van der Waals surface area contributed by atoms with E-state index in [2.05, 4.69) is 6.92 Å². The lowest BCUT2D eigenvalue weighted by Crippen LogP contribution is -2.01. The SMILES string of the molecule is CCC1=CC(N)=C1. The number of allylic oxidation sites excluding steroid dienone is 3. The Balaban J connectivity index is 2.41. The maximum Gasteiger partial charge on any atom is 0.0319 e. The fourth-order valence-corrected chi connectivity index (χ4v) is 0.619. The summed E-state index contributed by atoms with van der Waals surface area (Å²) < 4.78 is 0. The van der Waals surface area contributed by atoms with E-state index in [1.807, 2.05) is 12.2 Å². The molecule has 0 saturated heterocycles. The van der Waals surface area contributed by atoms with Gasteiger partial charge in [-0.2, -0.15) is 0 Å². The van der Waals surface area contributed by atoms with Gasteiger partial charge in [0, 0.05) is 5.70 Å². The van der Waals surface area contributed by atoms with Crippen LogP contribution >= 0.6 is 0 Å². The van der Waals surface area contributed by atoms with Crippen LogP contribution in [0.3, 0.4) is 0 Å². The molecule has 0 radical (unpaired) electrons. The van der Waals surface area contributed by atoms with Crippen molar-refractivity contribution in [3.63, 3.8) is 0 Å². The van der Waals surface area contributed by atoms with Gasteiger partial charge in [-0.15, -0.1) is 0 Å². The summed E-state index contributed by atoms with van der Waals surface area (Å²) in [5.41, 5.74) is 7.60. The average molecular weight is 95.1 g/mol. The highest BCUT2D eigenvalue weighted by molar-refractivity contribution is 5.41. The van der Waals surface area contributed by atoms with E-state index in [1.54, 1.807) is 0 Å². The quantitative estimate of drug-likeness (QED) is 0.520. The minimum Gasteiger partial charge on any atom is -0.399 e. The molecule has 0 spiro atoms. The van der Waals surface area contributed by atoms with Crippen LogP contribution in [-0.4, -0.2) is 0 Å². The Morgan fingerprint density at radius 3 is 2.29 bits per heavy atom. The van der Waals surface area contributed by atoms with E-state index in [-0.39, 0.29) is 0 Å². The van der Waals surface area contributed by atoms with Crippen LogP contribution in [-0.2, 0) is 0 Å². The molecule has 0 saturated carbocycles. The number of nitrogens with two attached hydrogens (primary N) is 1. The third-order valence-electron chi connectivity index (χ3n) is 1.11. The van der Waals surface area contributed by atoms with Crippen LogP contribution < -0.4 is 5.73 Å². The van der Waals surface area contributed by atoms with Gasteiger partial charge in [0.25, 0.3) is 0 Å². The Kier molecular flexibility index (Phi) is 0.895. The van der Waals surface area contributed by atoms with Gasteiger partial charge in [-0.3, -0.25) is 0 Å². The van der Waals surface area contributed by atoms with Crippen molar-refractivity contribution in [1.29, 1.82) is 0 Å². The lowest BCUT2D eigenvalue weighted by atomic mass is 10.0. The van der Waals surface area contributed by atoms with Crippen molar-refractivity contribution in [2.24, 2.45) is 5.73 Å². The third kappa shape index (κ3) is 0.660.